The van der Waals surface area contributed by atoms with Crippen molar-refractivity contribution in [2.45, 2.75) is 44.7 Å². The Morgan fingerprint density at radius 1 is 1.00 bits per heavy atom. The van der Waals surface area contributed by atoms with Crippen LogP contribution >= 0.6 is 11.6 Å². The second kappa shape index (κ2) is 13.5. The summed E-state index contributed by atoms with van der Waals surface area (Å²) in [4.78, 5) is 28.5. The third kappa shape index (κ3) is 7.30. The molecule has 0 saturated heterocycles. The molecule has 0 spiro atoms. The number of benzene rings is 3. The minimum Gasteiger partial charge on any atom is -0.495 e. The number of sulfonamides is 1. The van der Waals surface area contributed by atoms with E-state index in [1.807, 2.05) is 38.1 Å². The monoisotopic (exact) mass is 571 g/mol. The molecule has 3 aromatic rings. The molecule has 208 valence electrons. The first-order chi connectivity index (χ1) is 18.6. The van der Waals surface area contributed by atoms with Crippen molar-refractivity contribution in [3.8, 4) is 5.75 Å². The normalized spacial score (nSPS) is 11.9. The number of carbonyl (C=O) groups is 2. The lowest BCUT2D eigenvalue weighted by Gasteiger charge is -2.33. The van der Waals surface area contributed by atoms with Crippen molar-refractivity contribution in [3.63, 3.8) is 0 Å². The van der Waals surface area contributed by atoms with Crippen LogP contribution in [0.5, 0.6) is 5.75 Å². The van der Waals surface area contributed by atoms with E-state index in [0.29, 0.717) is 13.0 Å². The largest absolute Gasteiger partial charge is 0.495 e. The topological polar surface area (TPSA) is 96.0 Å². The van der Waals surface area contributed by atoms with E-state index >= 15 is 0 Å². The van der Waals surface area contributed by atoms with Crippen LogP contribution in [0.3, 0.4) is 0 Å². The summed E-state index contributed by atoms with van der Waals surface area (Å²) >= 11 is 6.26. The van der Waals surface area contributed by atoms with Crippen LogP contribution in [-0.2, 0) is 26.2 Å². The van der Waals surface area contributed by atoms with E-state index in [0.717, 1.165) is 15.4 Å². The average molecular weight is 572 g/mol. The number of halogens is 1. The van der Waals surface area contributed by atoms with Crippen LogP contribution in [0.25, 0.3) is 0 Å². The fraction of sp³-hybridized carbons (Fsp3) is 0.310. The molecule has 3 aromatic carbocycles. The lowest BCUT2D eigenvalue weighted by atomic mass is 10.1. The van der Waals surface area contributed by atoms with Crippen LogP contribution in [-0.4, -0.2) is 51.4 Å². The number of amides is 2. The Hall–Kier alpha value is -3.56. The zero-order valence-corrected chi connectivity index (χ0v) is 24.1. The molecule has 2 amide bonds. The van der Waals surface area contributed by atoms with Gasteiger partial charge in [0.25, 0.3) is 10.0 Å². The van der Waals surface area contributed by atoms with Crippen LogP contribution in [0.1, 0.15) is 31.4 Å². The summed E-state index contributed by atoms with van der Waals surface area (Å²) in [5, 5.41) is 3.07. The van der Waals surface area contributed by atoms with E-state index in [2.05, 4.69) is 5.32 Å². The lowest BCUT2D eigenvalue weighted by molar-refractivity contribution is -0.140. The van der Waals surface area contributed by atoms with Gasteiger partial charge in [-0.3, -0.25) is 13.9 Å². The average Bonchev–Trinajstić information content (AvgIpc) is 2.92. The van der Waals surface area contributed by atoms with Gasteiger partial charge in [0.15, 0.2) is 0 Å². The number of ether oxygens (including phenoxy) is 1. The molecule has 1 unspecified atom stereocenters. The number of likely N-dealkylation sites (N-methyl/N-ethyl adjacent to an activating group) is 1. The highest BCUT2D eigenvalue weighted by Crippen LogP contribution is 2.35. The molecule has 8 nitrogen and oxygen atoms in total. The Bertz CT molecular complexity index is 1400. The summed E-state index contributed by atoms with van der Waals surface area (Å²) in [5.74, 6) is -0.623. The predicted molar refractivity (Wildman–Crippen MR) is 153 cm³/mol. The number of aryl methyl sites for hydroxylation is 1. The summed E-state index contributed by atoms with van der Waals surface area (Å²) in [6.07, 6.45) is 0.343. The van der Waals surface area contributed by atoms with E-state index in [1.54, 1.807) is 37.3 Å². The highest BCUT2D eigenvalue weighted by Gasteiger charge is 2.34. The molecular weight excluding hydrogens is 538 g/mol. The molecule has 1 N–H and O–H groups in total. The third-order valence-electron chi connectivity index (χ3n) is 6.19. The van der Waals surface area contributed by atoms with Gasteiger partial charge in [-0.2, -0.15) is 0 Å². The van der Waals surface area contributed by atoms with Crippen molar-refractivity contribution in [1.29, 1.82) is 0 Å². The minimum absolute atomic E-state index is 0.000769. The molecule has 0 saturated carbocycles. The van der Waals surface area contributed by atoms with Gasteiger partial charge in [-0.15, -0.1) is 0 Å². The fourth-order valence-electron chi connectivity index (χ4n) is 4.31. The number of hydrogen-bond acceptors (Lipinski definition) is 5. The van der Waals surface area contributed by atoms with Crippen molar-refractivity contribution in [1.82, 2.24) is 10.2 Å². The summed E-state index contributed by atoms with van der Waals surface area (Å²) in [7, 11) is -2.82. The Labute approximate surface area is 235 Å². The highest BCUT2D eigenvalue weighted by molar-refractivity contribution is 7.92. The minimum atomic E-state index is -4.23. The van der Waals surface area contributed by atoms with Gasteiger partial charge in [0.1, 0.15) is 18.3 Å². The molecular formula is C29H34ClN3O5S. The number of rotatable bonds is 12. The van der Waals surface area contributed by atoms with Crippen LogP contribution in [0.4, 0.5) is 5.69 Å². The van der Waals surface area contributed by atoms with E-state index in [-0.39, 0.29) is 33.8 Å². The molecule has 0 bridgehead atoms. The summed E-state index contributed by atoms with van der Waals surface area (Å²) in [6.45, 7) is 5.51. The van der Waals surface area contributed by atoms with Gasteiger partial charge in [0.2, 0.25) is 11.8 Å². The fourth-order valence-corrected chi connectivity index (χ4v) is 5.91. The SMILES string of the molecule is CCNC(=O)C(CC)N(Cc1cccc(C)c1)C(=O)CN(c1cc(Cl)ccc1OC)S(=O)(=O)c1ccccc1. The Morgan fingerprint density at radius 2 is 1.72 bits per heavy atom. The van der Waals surface area contributed by atoms with Gasteiger partial charge in [0, 0.05) is 18.1 Å². The molecule has 3 rings (SSSR count). The Kier molecular flexibility index (Phi) is 10.4. The number of anilines is 1. The summed E-state index contributed by atoms with van der Waals surface area (Å²) in [6, 6.07) is 19.2. The number of carbonyl (C=O) groups excluding carboxylic acids is 2. The van der Waals surface area contributed by atoms with Crippen molar-refractivity contribution in [2.24, 2.45) is 0 Å². The molecule has 0 aliphatic carbocycles. The van der Waals surface area contributed by atoms with Gasteiger partial charge in [-0.1, -0.05) is 66.6 Å². The van der Waals surface area contributed by atoms with E-state index in [9.17, 15) is 18.0 Å². The first-order valence-electron chi connectivity index (χ1n) is 12.7. The van der Waals surface area contributed by atoms with E-state index in [4.69, 9.17) is 16.3 Å². The lowest BCUT2D eigenvalue weighted by Crippen LogP contribution is -2.52. The predicted octanol–water partition coefficient (Wildman–Crippen LogP) is 4.80. The van der Waals surface area contributed by atoms with Crippen LogP contribution in [0.15, 0.2) is 77.7 Å². The standard InChI is InChI=1S/C29H34ClN3O5S/c1-5-25(29(35)31-6-2)32(19-22-12-10-11-21(3)17-22)28(34)20-33(26-18-23(30)15-16-27(26)38-4)39(36,37)24-13-8-7-9-14-24/h7-18,25H,5-6,19-20H2,1-4H3,(H,31,35). The molecule has 0 heterocycles. The van der Waals surface area contributed by atoms with Crippen LogP contribution in [0, 0.1) is 6.92 Å². The van der Waals surface area contributed by atoms with Gasteiger partial charge >= 0.3 is 0 Å². The summed E-state index contributed by atoms with van der Waals surface area (Å²) < 4.78 is 34.3. The zero-order chi connectivity index (χ0) is 28.6. The molecule has 39 heavy (non-hydrogen) atoms. The van der Waals surface area contributed by atoms with Crippen molar-refractivity contribution >= 4 is 39.1 Å². The van der Waals surface area contributed by atoms with Gasteiger partial charge in [-0.25, -0.2) is 8.42 Å². The van der Waals surface area contributed by atoms with E-state index in [1.165, 1.54) is 30.2 Å². The molecule has 0 aromatic heterocycles. The summed E-state index contributed by atoms with van der Waals surface area (Å²) in [5.41, 5.74) is 1.94. The first kappa shape index (κ1) is 30.0. The molecule has 1 atom stereocenters. The molecule has 0 aliphatic heterocycles. The number of nitrogens with one attached hydrogen (secondary N) is 1. The molecule has 0 fully saturated rings. The first-order valence-corrected chi connectivity index (χ1v) is 14.5. The van der Waals surface area contributed by atoms with Crippen molar-refractivity contribution in [3.05, 3.63) is 88.9 Å². The Morgan fingerprint density at radius 3 is 2.33 bits per heavy atom. The second-order valence-corrected chi connectivity index (χ2v) is 11.3. The van der Waals surface area contributed by atoms with Crippen LogP contribution < -0.4 is 14.4 Å². The maximum absolute atomic E-state index is 14.1. The van der Waals surface area contributed by atoms with Crippen molar-refractivity contribution in [2.75, 3.05) is 24.5 Å². The number of methoxy groups -OCH3 is 1. The van der Waals surface area contributed by atoms with Gasteiger partial charge < -0.3 is 15.0 Å². The molecule has 0 radical (unpaired) electrons. The highest BCUT2D eigenvalue weighted by atomic mass is 35.5. The zero-order valence-electron chi connectivity index (χ0n) is 22.6. The molecule has 0 aliphatic rings. The quantitative estimate of drug-likeness (QED) is 0.337. The maximum atomic E-state index is 14.1. The third-order valence-corrected chi connectivity index (χ3v) is 8.20. The van der Waals surface area contributed by atoms with E-state index < -0.39 is 28.5 Å². The second-order valence-electron chi connectivity index (χ2n) is 8.97. The number of nitrogens with zero attached hydrogens (tertiary/aromatic N) is 2. The van der Waals surface area contributed by atoms with Gasteiger partial charge in [-0.05, 0) is 56.2 Å². The smallest absolute Gasteiger partial charge is 0.264 e. The van der Waals surface area contributed by atoms with Gasteiger partial charge in [0.05, 0.1) is 17.7 Å². The van der Waals surface area contributed by atoms with Crippen molar-refractivity contribution < 1.29 is 22.7 Å². The Balaban J connectivity index is 2.12. The maximum Gasteiger partial charge on any atom is 0.264 e. The van der Waals surface area contributed by atoms with Crippen LogP contribution in [0.2, 0.25) is 5.02 Å². The number of hydrogen-bond donors (Lipinski definition) is 1. The molecule has 10 heteroatoms.